The van der Waals surface area contributed by atoms with Crippen LogP contribution in [0.4, 0.5) is 0 Å². The summed E-state index contributed by atoms with van der Waals surface area (Å²) in [6.07, 6.45) is 0. The number of hydrogen-bond acceptors (Lipinski definition) is 3. The van der Waals surface area contributed by atoms with Gasteiger partial charge < -0.3 is 10.6 Å². The molecule has 1 rings (SSSR count). The quantitative estimate of drug-likeness (QED) is 0.503. The third-order valence-corrected chi connectivity index (χ3v) is 3.79. The smallest absolute Gasteiger partial charge is 0.213 e. The highest BCUT2D eigenvalue weighted by Crippen LogP contribution is 1.98. The molecule has 7 heteroatoms. The standard InChI is InChI=1S/C12H20N4O2S/c1-13-12(14-2)15-8-9-19(17,18)16-10-11-6-4-3-5-7-11/h3-7,16H,8-10H2,1-2H3,(H2,13,14,15). The molecule has 0 radical (unpaired) electrons. The Hall–Kier alpha value is -1.60. The molecule has 19 heavy (non-hydrogen) atoms. The Morgan fingerprint density at radius 3 is 2.53 bits per heavy atom. The van der Waals surface area contributed by atoms with Gasteiger partial charge in [-0.2, -0.15) is 0 Å². The zero-order chi connectivity index (χ0) is 14.1. The summed E-state index contributed by atoms with van der Waals surface area (Å²) in [5, 5.41) is 5.71. The number of guanidine groups is 1. The zero-order valence-corrected chi connectivity index (χ0v) is 12.0. The van der Waals surface area contributed by atoms with E-state index < -0.39 is 10.0 Å². The highest BCUT2D eigenvalue weighted by molar-refractivity contribution is 7.89. The van der Waals surface area contributed by atoms with Gasteiger partial charge in [0.2, 0.25) is 10.0 Å². The number of sulfonamides is 1. The molecule has 0 saturated carbocycles. The van der Waals surface area contributed by atoms with Crippen LogP contribution in [0, 0.1) is 0 Å². The topological polar surface area (TPSA) is 82.6 Å². The molecule has 0 unspecified atom stereocenters. The monoisotopic (exact) mass is 284 g/mol. The van der Waals surface area contributed by atoms with Crippen molar-refractivity contribution in [2.45, 2.75) is 6.54 Å². The molecule has 0 amide bonds. The summed E-state index contributed by atoms with van der Waals surface area (Å²) in [7, 11) is 0.0585. The van der Waals surface area contributed by atoms with E-state index in [0.29, 0.717) is 19.0 Å². The molecule has 0 spiro atoms. The first-order valence-corrected chi connectivity index (χ1v) is 7.62. The Labute approximate surface area is 114 Å². The summed E-state index contributed by atoms with van der Waals surface area (Å²) in [6.45, 7) is 0.613. The first-order valence-electron chi connectivity index (χ1n) is 5.97. The molecular weight excluding hydrogens is 264 g/mol. The predicted octanol–water partition coefficient (Wildman–Crippen LogP) is -0.0992. The van der Waals surface area contributed by atoms with Crippen LogP contribution in [0.15, 0.2) is 35.3 Å². The highest BCUT2D eigenvalue weighted by Gasteiger charge is 2.09. The van der Waals surface area contributed by atoms with Crippen LogP contribution in [-0.4, -0.2) is 40.8 Å². The average Bonchev–Trinajstić information content (AvgIpc) is 2.43. The van der Waals surface area contributed by atoms with Crippen molar-refractivity contribution in [3.63, 3.8) is 0 Å². The molecule has 6 nitrogen and oxygen atoms in total. The van der Waals surface area contributed by atoms with Crippen molar-refractivity contribution in [3.05, 3.63) is 35.9 Å². The minimum absolute atomic E-state index is 0.000529. The third-order valence-electron chi connectivity index (χ3n) is 2.46. The summed E-state index contributed by atoms with van der Waals surface area (Å²) in [4.78, 5) is 3.90. The van der Waals surface area contributed by atoms with Crippen LogP contribution in [0.2, 0.25) is 0 Å². The van der Waals surface area contributed by atoms with Crippen molar-refractivity contribution >= 4 is 16.0 Å². The molecule has 0 aliphatic heterocycles. The van der Waals surface area contributed by atoms with E-state index in [2.05, 4.69) is 20.3 Å². The van der Waals surface area contributed by atoms with Gasteiger partial charge in [-0.3, -0.25) is 4.99 Å². The minimum Gasteiger partial charge on any atom is -0.359 e. The van der Waals surface area contributed by atoms with Crippen LogP contribution in [-0.2, 0) is 16.6 Å². The lowest BCUT2D eigenvalue weighted by Gasteiger charge is -2.09. The zero-order valence-electron chi connectivity index (χ0n) is 11.2. The summed E-state index contributed by atoms with van der Waals surface area (Å²) in [5.41, 5.74) is 0.935. The lowest BCUT2D eigenvalue weighted by atomic mass is 10.2. The van der Waals surface area contributed by atoms with E-state index in [1.165, 1.54) is 0 Å². The van der Waals surface area contributed by atoms with Gasteiger partial charge >= 0.3 is 0 Å². The largest absolute Gasteiger partial charge is 0.359 e. The van der Waals surface area contributed by atoms with Gasteiger partial charge in [-0.05, 0) is 5.56 Å². The van der Waals surface area contributed by atoms with E-state index in [1.807, 2.05) is 30.3 Å². The average molecular weight is 284 g/mol. The van der Waals surface area contributed by atoms with Gasteiger partial charge in [-0.1, -0.05) is 30.3 Å². The Kier molecular flexibility index (Phi) is 6.31. The second-order valence-corrected chi connectivity index (χ2v) is 5.80. The lowest BCUT2D eigenvalue weighted by Crippen LogP contribution is -2.39. The van der Waals surface area contributed by atoms with E-state index >= 15 is 0 Å². The van der Waals surface area contributed by atoms with E-state index in [4.69, 9.17) is 0 Å². The molecule has 0 bridgehead atoms. The van der Waals surface area contributed by atoms with E-state index in [0.717, 1.165) is 5.56 Å². The van der Waals surface area contributed by atoms with Crippen molar-refractivity contribution in [2.24, 2.45) is 4.99 Å². The van der Waals surface area contributed by atoms with E-state index in [-0.39, 0.29) is 5.75 Å². The maximum atomic E-state index is 11.8. The number of aliphatic imine (C=N–C) groups is 1. The number of nitrogens with zero attached hydrogens (tertiary/aromatic N) is 1. The summed E-state index contributed by atoms with van der Waals surface area (Å²) in [6, 6.07) is 9.41. The van der Waals surface area contributed by atoms with Crippen LogP contribution in [0.5, 0.6) is 0 Å². The molecule has 0 aliphatic carbocycles. The van der Waals surface area contributed by atoms with Gasteiger partial charge in [0, 0.05) is 27.2 Å². The molecular formula is C12H20N4O2S. The number of nitrogens with one attached hydrogen (secondary N) is 3. The van der Waals surface area contributed by atoms with Gasteiger partial charge in [-0.15, -0.1) is 0 Å². The molecule has 1 aromatic rings. The van der Waals surface area contributed by atoms with Gasteiger partial charge in [0.05, 0.1) is 5.75 Å². The normalized spacial score (nSPS) is 12.2. The Morgan fingerprint density at radius 1 is 1.26 bits per heavy atom. The van der Waals surface area contributed by atoms with E-state index in [9.17, 15) is 8.42 Å². The van der Waals surface area contributed by atoms with Crippen molar-refractivity contribution in [1.82, 2.24) is 15.4 Å². The Bertz CT molecular complexity index is 500. The maximum Gasteiger partial charge on any atom is 0.213 e. The predicted molar refractivity (Wildman–Crippen MR) is 77.5 cm³/mol. The fourth-order valence-corrected chi connectivity index (χ4v) is 2.35. The Morgan fingerprint density at radius 2 is 1.95 bits per heavy atom. The lowest BCUT2D eigenvalue weighted by molar-refractivity contribution is 0.580. The van der Waals surface area contributed by atoms with Crippen molar-refractivity contribution in [3.8, 4) is 0 Å². The van der Waals surface area contributed by atoms with Gasteiger partial charge in [0.15, 0.2) is 5.96 Å². The Balaban J connectivity index is 2.36. The molecule has 3 N–H and O–H groups in total. The van der Waals surface area contributed by atoms with Crippen LogP contribution < -0.4 is 15.4 Å². The molecule has 0 aromatic heterocycles. The fourth-order valence-electron chi connectivity index (χ4n) is 1.44. The van der Waals surface area contributed by atoms with Crippen molar-refractivity contribution in [1.29, 1.82) is 0 Å². The van der Waals surface area contributed by atoms with Crippen molar-refractivity contribution < 1.29 is 8.42 Å². The highest BCUT2D eigenvalue weighted by atomic mass is 32.2. The summed E-state index contributed by atoms with van der Waals surface area (Å²) in [5.74, 6) is 0.568. The summed E-state index contributed by atoms with van der Waals surface area (Å²) >= 11 is 0. The second-order valence-electron chi connectivity index (χ2n) is 3.87. The van der Waals surface area contributed by atoms with Crippen LogP contribution >= 0.6 is 0 Å². The fraction of sp³-hybridized carbons (Fsp3) is 0.417. The molecule has 0 heterocycles. The minimum atomic E-state index is -3.29. The van der Waals surface area contributed by atoms with Crippen LogP contribution in [0.3, 0.4) is 0 Å². The molecule has 106 valence electrons. The number of rotatable bonds is 6. The maximum absolute atomic E-state index is 11.8. The molecule has 0 fully saturated rings. The molecule has 0 aliphatic rings. The van der Waals surface area contributed by atoms with Crippen molar-refractivity contribution in [2.75, 3.05) is 26.4 Å². The third kappa shape index (κ3) is 6.21. The SMILES string of the molecule is CN=C(NC)NCCS(=O)(=O)NCc1ccccc1. The van der Waals surface area contributed by atoms with Gasteiger partial charge in [-0.25, -0.2) is 13.1 Å². The first kappa shape index (κ1) is 15.5. The molecule has 0 saturated heterocycles. The van der Waals surface area contributed by atoms with Crippen LogP contribution in [0.1, 0.15) is 5.56 Å². The molecule has 0 atom stereocenters. The van der Waals surface area contributed by atoms with Crippen LogP contribution in [0.25, 0.3) is 0 Å². The van der Waals surface area contributed by atoms with Gasteiger partial charge in [0.25, 0.3) is 0 Å². The summed E-state index contributed by atoms with van der Waals surface area (Å²) < 4.78 is 26.1. The molecule has 1 aromatic carbocycles. The number of hydrogen-bond donors (Lipinski definition) is 3. The second kappa shape index (κ2) is 7.75. The number of benzene rings is 1. The first-order chi connectivity index (χ1) is 9.07. The van der Waals surface area contributed by atoms with E-state index in [1.54, 1.807) is 14.1 Å². The van der Waals surface area contributed by atoms with Gasteiger partial charge in [0.1, 0.15) is 0 Å².